The topological polar surface area (TPSA) is 38.0 Å². The monoisotopic (exact) mass is 178 g/mol. The molecule has 2 nitrogen and oxygen atoms in total. The van der Waals surface area contributed by atoms with Crippen molar-refractivity contribution in [1.29, 1.82) is 0 Å². The molecule has 0 bridgehead atoms. The number of nitrogens with two attached hydrogens (primary N) is 1. The molecule has 0 saturated heterocycles. The Kier molecular flexibility index (Phi) is 3.32. The van der Waals surface area contributed by atoms with E-state index in [0.717, 1.165) is 18.7 Å². The zero-order valence-corrected chi connectivity index (χ0v) is 8.65. The predicted octanol–water partition coefficient (Wildman–Crippen LogP) is 1.65. The Balaban J connectivity index is 2.86. The van der Waals surface area contributed by atoms with Crippen LogP contribution in [0.5, 0.6) is 0 Å². The van der Waals surface area contributed by atoms with Crippen molar-refractivity contribution in [2.45, 2.75) is 20.3 Å². The summed E-state index contributed by atoms with van der Waals surface area (Å²) in [4.78, 5) is 0. The normalized spacial score (nSPS) is 10.4. The largest absolute Gasteiger partial charge is 0.398 e. The highest BCUT2D eigenvalue weighted by Gasteiger charge is 2.00. The van der Waals surface area contributed by atoms with Gasteiger partial charge in [0.15, 0.2) is 0 Å². The SMILES string of the molecule is CNCCc1cc(C)c(C)c(N)c1. The summed E-state index contributed by atoms with van der Waals surface area (Å²) in [5.41, 5.74) is 10.6. The Hall–Kier alpha value is -1.02. The van der Waals surface area contributed by atoms with E-state index in [1.807, 2.05) is 7.05 Å². The summed E-state index contributed by atoms with van der Waals surface area (Å²) >= 11 is 0. The molecule has 2 heteroatoms. The van der Waals surface area contributed by atoms with E-state index in [4.69, 9.17) is 5.73 Å². The third kappa shape index (κ3) is 2.46. The van der Waals surface area contributed by atoms with Crippen LogP contribution in [0.4, 0.5) is 5.69 Å². The van der Waals surface area contributed by atoms with Crippen molar-refractivity contribution < 1.29 is 0 Å². The molecule has 0 radical (unpaired) electrons. The lowest BCUT2D eigenvalue weighted by molar-refractivity contribution is 0.791. The van der Waals surface area contributed by atoms with E-state index in [2.05, 4.69) is 31.3 Å². The van der Waals surface area contributed by atoms with E-state index in [1.54, 1.807) is 0 Å². The molecule has 0 fully saturated rings. The first-order chi connectivity index (χ1) is 6.15. The zero-order chi connectivity index (χ0) is 9.84. The minimum absolute atomic E-state index is 0.908. The van der Waals surface area contributed by atoms with Crippen LogP contribution in [0.3, 0.4) is 0 Å². The molecule has 0 amide bonds. The number of nitrogens with one attached hydrogen (secondary N) is 1. The summed E-state index contributed by atoms with van der Waals surface area (Å²) in [7, 11) is 1.96. The van der Waals surface area contributed by atoms with Gasteiger partial charge in [0.1, 0.15) is 0 Å². The Morgan fingerprint density at radius 1 is 1.31 bits per heavy atom. The standard InChI is InChI=1S/C11H18N2/c1-8-6-10(4-5-13-3)7-11(12)9(8)2/h6-7,13H,4-5,12H2,1-3H3. The molecule has 0 spiro atoms. The molecule has 0 aliphatic heterocycles. The smallest absolute Gasteiger partial charge is 0.0349 e. The van der Waals surface area contributed by atoms with E-state index >= 15 is 0 Å². The van der Waals surface area contributed by atoms with Gasteiger partial charge in [-0.2, -0.15) is 0 Å². The fourth-order valence-electron chi connectivity index (χ4n) is 1.38. The lowest BCUT2D eigenvalue weighted by atomic mass is 10.0. The van der Waals surface area contributed by atoms with Crippen LogP contribution in [0.25, 0.3) is 0 Å². The summed E-state index contributed by atoms with van der Waals surface area (Å²) in [5, 5.41) is 3.13. The maximum atomic E-state index is 5.87. The van der Waals surface area contributed by atoms with Crippen LogP contribution in [-0.4, -0.2) is 13.6 Å². The van der Waals surface area contributed by atoms with Gasteiger partial charge in [-0.25, -0.2) is 0 Å². The molecule has 13 heavy (non-hydrogen) atoms. The molecule has 0 atom stereocenters. The minimum Gasteiger partial charge on any atom is -0.398 e. The average Bonchev–Trinajstić information content (AvgIpc) is 2.10. The fraction of sp³-hybridized carbons (Fsp3) is 0.455. The summed E-state index contributed by atoms with van der Waals surface area (Å²) in [6, 6.07) is 4.28. The molecule has 0 aliphatic rings. The summed E-state index contributed by atoms with van der Waals surface area (Å²) in [5.74, 6) is 0. The van der Waals surface area contributed by atoms with Crippen molar-refractivity contribution in [3.63, 3.8) is 0 Å². The second-order valence-corrected chi connectivity index (χ2v) is 3.48. The van der Waals surface area contributed by atoms with Crippen LogP contribution in [0.15, 0.2) is 12.1 Å². The highest BCUT2D eigenvalue weighted by atomic mass is 14.8. The van der Waals surface area contributed by atoms with Crippen molar-refractivity contribution >= 4 is 5.69 Å². The molecule has 0 aromatic heterocycles. The molecule has 0 aliphatic carbocycles. The second kappa shape index (κ2) is 4.28. The van der Waals surface area contributed by atoms with E-state index in [1.165, 1.54) is 16.7 Å². The highest BCUT2D eigenvalue weighted by molar-refractivity contribution is 5.52. The van der Waals surface area contributed by atoms with Gasteiger partial charge in [0.05, 0.1) is 0 Å². The first kappa shape index (κ1) is 10.1. The van der Waals surface area contributed by atoms with Crippen LogP contribution < -0.4 is 11.1 Å². The first-order valence-electron chi connectivity index (χ1n) is 4.65. The molecule has 1 aromatic rings. The molecule has 0 unspecified atom stereocenters. The minimum atomic E-state index is 0.908. The molecule has 3 N–H and O–H groups in total. The van der Waals surface area contributed by atoms with Crippen LogP contribution in [0, 0.1) is 13.8 Å². The van der Waals surface area contributed by atoms with Crippen molar-refractivity contribution in [1.82, 2.24) is 5.32 Å². The number of hydrogen-bond acceptors (Lipinski definition) is 2. The summed E-state index contributed by atoms with van der Waals surface area (Å²) in [6.45, 7) is 5.17. The third-order valence-electron chi connectivity index (χ3n) is 2.43. The van der Waals surface area contributed by atoms with Crippen LogP contribution >= 0.6 is 0 Å². The lowest BCUT2D eigenvalue weighted by Crippen LogP contribution is -2.10. The molecular weight excluding hydrogens is 160 g/mol. The van der Waals surface area contributed by atoms with Gasteiger partial charge in [0.2, 0.25) is 0 Å². The summed E-state index contributed by atoms with van der Waals surface area (Å²) < 4.78 is 0. The molecule has 1 rings (SSSR count). The number of aryl methyl sites for hydroxylation is 1. The van der Waals surface area contributed by atoms with Gasteiger partial charge in [-0.05, 0) is 56.6 Å². The van der Waals surface area contributed by atoms with Crippen molar-refractivity contribution in [2.24, 2.45) is 0 Å². The maximum absolute atomic E-state index is 5.87. The van der Waals surface area contributed by atoms with Crippen molar-refractivity contribution in [2.75, 3.05) is 19.3 Å². The maximum Gasteiger partial charge on any atom is 0.0349 e. The number of hydrogen-bond donors (Lipinski definition) is 2. The molecule has 0 heterocycles. The van der Waals surface area contributed by atoms with Gasteiger partial charge in [0.25, 0.3) is 0 Å². The lowest BCUT2D eigenvalue weighted by Gasteiger charge is -2.08. The quantitative estimate of drug-likeness (QED) is 0.691. The number of likely N-dealkylation sites (N-methyl/N-ethyl adjacent to an activating group) is 1. The molecule has 1 aromatic carbocycles. The number of rotatable bonds is 3. The summed E-state index contributed by atoms with van der Waals surface area (Å²) in [6.07, 6.45) is 1.04. The zero-order valence-electron chi connectivity index (χ0n) is 8.65. The number of nitrogen functional groups attached to an aromatic ring is 1. The predicted molar refractivity (Wildman–Crippen MR) is 58.0 cm³/mol. The average molecular weight is 178 g/mol. The van der Waals surface area contributed by atoms with Crippen molar-refractivity contribution in [3.05, 3.63) is 28.8 Å². The van der Waals surface area contributed by atoms with E-state index < -0.39 is 0 Å². The number of benzene rings is 1. The van der Waals surface area contributed by atoms with Crippen LogP contribution in [0.1, 0.15) is 16.7 Å². The first-order valence-corrected chi connectivity index (χ1v) is 4.65. The Labute approximate surface area is 80.1 Å². The Morgan fingerprint density at radius 2 is 2.00 bits per heavy atom. The number of anilines is 1. The Morgan fingerprint density at radius 3 is 2.54 bits per heavy atom. The van der Waals surface area contributed by atoms with E-state index in [9.17, 15) is 0 Å². The molecule has 0 saturated carbocycles. The van der Waals surface area contributed by atoms with Gasteiger partial charge in [-0.3, -0.25) is 0 Å². The van der Waals surface area contributed by atoms with Gasteiger partial charge in [-0.15, -0.1) is 0 Å². The van der Waals surface area contributed by atoms with Gasteiger partial charge in [-0.1, -0.05) is 6.07 Å². The van der Waals surface area contributed by atoms with Gasteiger partial charge < -0.3 is 11.1 Å². The molecule has 72 valence electrons. The fourth-order valence-corrected chi connectivity index (χ4v) is 1.38. The van der Waals surface area contributed by atoms with E-state index in [0.29, 0.717) is 0 Å². The third-order valence-corrected chi connectivity index (χ3v) is 2.43. The molecular formula is C11H18N2. The van der Waals surface area contributed by atoms with Crippen molar-refractivity contribution in [3.8, 4) is 0 Å². The second-order valence-electron chi connectivity index (χ2n) is 3.48. The van der Waals surface area contributed by atoms with Gasteiger partial charge >= 0.3 is 0 Å². The van der Waals surface area contributed by atoms with E-state index in [-0.39, 0.29) is 0 Å². The highest BCUT2D eigenvalue weighted by Crippen LogP contribution is 2.18. The van der Waals surface area contributed by atoms with Crippen LogP contribution in [-0.2, 0) is 6.42 Å². The Bertz CT molecular complexity index is 269. The van der Waals surface area contributed by atoms with Gasteiger partial charge in [0, 0.05) is 5.69 Å². The van der Waals surface area contributed by atoms with Crippen LogP contribution in [0.2, 0.25) is 0 Å².